The Bertz CT molecular complexity index is 1180. The smallest absolute Gasteiger partial charge is 0.335 e. The second kappa shape index (κ2) is 8.03. The first-order valence-corrected chi connectivity index (χ1v) is 11.6. The Morgan fingerprint density at radius 3 is 2.39 bits per heavy atom. The molecule has 4 atom stereocenters. The van der Waals surface area contributed by atoms with Gasteiger partial charge < -0.3 is 14.6 Å². The van der Waals surface area contributed by atoms with Gasteiger partial charge in [0.05, 0.1) is 17.8 Å². The van der Waals surface area contributed by atoms with Crippen molar-refractivity contribution in [3.05, 3.63) is 89.0 Å². The van der Waals surface area contributed by atoms with E-state index in [0.717, 1.165) is 34.4 Å². The quantitative estimate of drug-likeness (QED) is 0.486. The van der Waals surface area contributed by atoms with E-state index in [0.29, 0.717) is 5.92 Å². The van der Waals surface area contributed by atoms with Crippen LogP contribution in [0.15, 0.2) is 66.7 Å². The first kappa shape index (κ1) is 21.7. The Kier molecular flexibility index (Phi) is 5.29. The third-order valence-corrected chi connectivity index (χ3v) is 7.30. The van der Waals surface area contributed by atoms with E-state index in [1.807, 2.05) is 12.1 Å². The fraction of sp³-hybridized carbons (Fsp3) is 0.345. The number of aryl methyl sites for hydroxylation is 1. The van der Waals surface area contributed by atoms with Gasteiger partial charge in [-0.05, 0) is 75.1 Å². The van der Waals surface area contributed by atoms with Crippen LogP contribution < -0.4 is 4.74 Å². The number of carbonyl (C=O) groups is 1. The summed E-state index contributed by atoms with van der Waals surface area (Å²) in [6.45, 7) is 8.58. The van der Waals surface area contributed by atoms with Crippen LogP contribution in [0.5, 0.6) is 5.75 Å². The second-order valence-electron chi connectivity index (χ2n) is 9.94. The van der Waals surface area contributed by atoms with Gasteiger partial charge in [-0.1, -0.05) is 42.5 Å². The molecule has 2 heterocycles. The molecule has 170 valence electrons. The van der Waals surface area contributed by atoms with E-state index in [1.165, 1.54) is 5.56 Å². The highest BCUT2D eigenvalue weighted by molar-refractivity contribution is 5.88. The minimum absolute atomic E-state index is 0.0457. The van der Waals surface area contributed by atoms with Gasteiger partial charge in [-0.2, -0.15) is 0 Å². The minimum atomic E-state index is -0.925. The molecule has 0 spiro atoms. The molecule has 3 aromatic rings. The number of carboxylic acid groups (broad SMARTS) is 1. The largest absolute Gasteiger partial charge is 0.486 e. The zero-order valence-electron chi connectivity index (χ0n) is 19.5. The van der Waals surface area contributed by atoms with E-state index in [-0.39, 0.29) is 23.7 Å². The highest BCUT2D eigenvalue weighted by Gasteiger charge is 2.50. The topological polar surface area (TPSA) is 55.8 Å². The molecule has 0 radical (unpaired) electrons. The molecule has 0 unspecified atom stereocenters. The monoisotopic (exact) mass is 442 g/mol. The van der Waals surface area contributed by atoms with Crippen LogP contribution in [0.4, 0.5) is 0 Å². The number of hydrogen-bond acceptors (Lipinski definition) is 3. The van der Waals surface area contributed by atoms with Crippen molar-refractivity contribution in [2.24, 2.45) is 5.92 Å². The number of fused-ring (bicyclic) bond motifs is 3. The molecule has 3 aromatic carbocycles. The summed E-state index contributed by atoms with van der Waals surface area (Å²) in [4.78, 5) is 11.3. The van der Waals surface area contributed by atoms with Gasteiger partial charge >= 0.3 is 5.97 Å². The molecular weight excluding hydrogens is 412 g/mol. The van der Waals surface area contributed by atoms with Gasteiger partial charge in [0.25, 0.3) is 0 Å². The lowest BCUT2D eigenvalue weighted by molar-refractivity contribution is -0.153. The van der Waals surface area contributed by atoms with E-state index in [9.17, 15) is 9.90 Å². The average molecular weight is 443 g/mol. The highest BCUT2D eigenvalue weighted by atomic mass is 16.5. The number of carboxylic acids is 1. The third kappa shape index (κ3) is 3.83. The van der Waals surface area contributed by atoms with E-state index in [2.05, 4.69) is 70.2 Å². The Morgan fingerprint density at radius 1 is 1.03 bits per heavy atom. The fourth-order valence-corrected chi connectivity index (χ4v) is 5.53. The van der Waals surface area contributed by atoms with Crippen LogP contribution in [-0.4, -0.2) is 22.8 Å². The van der Waals surface area contributed by atoms with Crippen molar-refractivity contribution in [3.63, 3.8) is 0 Å². The summed E-state index contributed by atoms with van der Waals surface area (Å²) in [5.41, 5.74) is 5.33. The first-order chi connectivity index (χ1) is 15.7. The number of aromatic carboxylic acids is 1. The van der Waals surface area contributed by atoms with Gasteiger partial charge in [0, 0.05) is 23.0 Å². The number of hydrogen-bond donors (Lipinski definition) is 1. The zero-order valence-corrected chi connectivity index (χ0v) is 19.5. The van der Waals surface area contributed by atoms with Crippen LogP contribution in [0.1, 0.15) is 66.3 Å². The zero-order chi connectivity index (χ0) is 23.3. The maximum Gasteiger partial charge on any atom is 0.335 e. The maximum absolute atomic E-state index is 11.3. The molecule has 0 saturated carbocycles. The molecule has 0 amide bonds. The van der Waals surface area contributed by atoms with Crippen molar-refractivity contribution in [1.29, 1.82) is 0 Å². The highest BCUT2D eigenvalue weighted by Crippen LogP contribution is 2.55. The van der Waals surface area contributed by atoms with E-state index < -0.39 is 11.6 Å². The molecule has 1 saturated heterocycles. The number of benzene rings is 3. The fourth-order valence-electron chi connectivity index (χ4n) is 5.53. The lowest BCUT2D eigenvalue weighted by Gasteiger charge is -2.51. The summed E-state index contributed by atoms with van der Waals surface area (Å²) in [5.74, 6) is 0.464. The standard InChI is InChI=1S/C29H30O4/c1-17-14-23(20-10-12-21(13-11-20)28(30)31)26-24(15-17)27-25(29(3,4)33-26)16-22(18(2)32-27)19-8-6-5-7-9-19/h5-15,18,22,25,27H,16H2,1-4H3,(H,30,31)/t18-,22-,25-,27+/m0/s1. The Hall–Kier alpha value is -3.11. The molecular formula is C29H30O4. The van der Waals surface area contributed by atoms with Crippen LogP contribution >= 0.6 is 0 Å². The average Bonchev–Trinajstić information content (AvgIpc) is 2.79. The van der Waals surface area contributed by atoms with Crippen LogP contribution in [0, 0.1) is 12.8 Å². The number of ether oxygens (including phenoxy) is 2. The molecule has 4 heteroatoms. The van der Waals surface area contributed by atoms with Crippen LogP contribution in [0.2, 0.25) is 0 Å². The van der Waals surface area contributed by atoms with E-state index in [1.54, 1.807) is 12.1 Å². The molecule has 5 rings (SSSR count). The van der Waals surface area contributed by atoms with E-state index in [4.69, 9.17) is 9.47 Å². The second-order valence-corrected chi connectivity index (χ2v) is 9.94. The Balaban J connectivity index is 1.57. The summed E-state index contributed by atoms with van der Waals surface area (Å²) >= 11 is 0. The van der Waals surface area contributed by atoms with Crippen LogP contribution in [0.25, 0.3) is 11.1 Å². The van der Waals surface area contributed by atoms with Gasteiger partial charge in [-0.3, -0.25) is 0 Å². The molecule has 0 bridgehead atoms. The van der Waals surface area contributed by atoms with Crippen molar-refractivity contribution in [2.45, 2.75) is 57.8 Å². The SMILES string of the molecule is Cc1cc(-c2ccc(C(=O)O)cc2)c2c(c1)[C@H]1O[C@@H](C)[C@@H](c3ccccc3)C[C@@H]1C(C)(C)O2. The van der Waals surface area contributed by atoms with Gasteiger partial charge in [0.2, 0.25) is 0 Å². The summed E-state index contributed by atoms with van der Waals surface area (Å²) in [6.07, 6.45) is 1.05. The normalized spacial score (nSPS) is 25.5. The van der Waals surface area contributed by atoms with Gasteiger partial charge in [-0.15, -0.1) is 0 Å². The van der Waals surface area contributed by atoms with E-state index >= 15 is 0 Å². The molecule has 2 aliphatic rings. The third-order valence-electron chi connectivity index (χ3n) is 7.30. The lowest BCUT2D eigenvalue weighted by Crippen LogP contribution is -2.50. The maximum atomic E-state index is 11.3. The predicted octanol–water partition coefficient (Wildman–Crippen LogP) is 6.78. The van der Waals surface area contributed by atoms with Gasteiger partial charge in [-0.25, -0.2) is 4.79 Å². The van der Waals surface area contributed by atoms with Crippen molar-refractivity contribution in [3.8, 4) is 16.9 Å². The van der Waals surface area contributed by atoms with Crippen molar-refractivity contribution < 1.29 is 19.4 Å². The lowest BCUT2D eigenvalue weighted by atomic mass is 9.70. The van der Waals surface area contributed by atoms with Gasteiger partial charge in [0.1, 0.15) is 11.4 Å². The molecule has 4 nitrogen and oxygen atoms in total. The summed E-state index contributed by atoms with van der Waals surface area (Å²) in [5, 5.41) is 9.27. The molecule has 1 N–H and O–H groups in total. The Morgan fingerprint density at radius 2 is 1.73 bits per heavy atom. The summed E-state index contributed by atoms with van der Waals surface area (Å²) < 4.78 is 13.5. The van der Waals surface area contributed by atoms with Crippen LogP contribution in [-0.2, 0) is 4.74 Å². The molecule has 0 aliphatic carbocycles. The van der Waals surface area contributed by atoms with Crippen molar-refractivity contribution >= 4 is 5.97 Å². The molecule has 1 fully saturated rings. The minimum Gasteiger partial charge on any atom is -0.486 e. The van der Waals surface area contributed by atoms with Gasteiger partial charge in [0.15, 0.2) is 0 Å². The predicted molar refractivity (Wildman–Crippen MR) is 129 cm³/mol. The molecule has 2 aliphatic heterocycles. The molecule has 33 heavy (non-hydrogen) atoms. The van der Waals surface area contributed by atoms with Crippen LogP contribution in [0.3, 0.4) is 0 Å². The van der Waals surface area contributed by atoms with Crippen molar-refractivity contribution in [2.75, 3.05) is 0 Å². The molecule has 0 aromatic heterocycles. The first-order valence-electron chi connectivity index (χ1n) is 11.6. The van der Waals surface area contributed by atoms with Crippen molar-refractivity contribution in [1.82, 2.24) is 0 Å². The number of rotatable bonds is 3. The summed E-state index contributed by atoms with van der Waals surface area (Å²) in [7, 11) is 0. The summed E-state index contributed by atoms with van der Waals surface area (Å²) in [6, 6.07) is 21.9. The Labute approximate surface area is 195 Å².